The van der Waals surface area contributed by atoms with Crippen molar-refractivity contribution in [1.82, 2.24) is 0 Å². The van der Waals surface area contributed by atoms with Crippen molar-refractivity contribution >= 4 is 0 Å². The molecule has 0 aromatic heterocycles. The zero-order valence-corrected chi connectivity index (χ0v) is 19.0. The first-order valence-corrected chi connectivity index (χ1v) is 12.0. The number of hydrogen-bond acceptors (Lipinski definition) is 1. The average Bonchev–Trinajstić information content (AvgIpc) is 2.60. The number of quaternary nitrogens is 1. The Morgan fingerprint density at radius 1 is 0.500 bits per heavy atom. The molecule has 0 N–H and O–H groups in total. The van der Waals surface area contributed by atoms with E-state index in [1.165, 1.54) is 116 Å². The molecule has 0 aliphatic carbocycles. The lowest BCUT2D eigenvalue weighted by Gasteiger charge is -2.28. The van der Waals surface area contributed by atoms with E-state index >= 15 is 0 Å². The summed E-state index contributed by atoms with van der Waals surface area (Å²) in [4.78, 5) is 0. The molecule has 0 saturated carbocycles. The number of unbranched alkanes of at least 4 members (excludes halogenated alkanes) is 15. The van der Waals surface area contributed by atoms with Gasteiger partial charge in [0.2, 0.25) is 0 Å². The molecule has 0 atom stereocenters. The molecular weight excluding hydrogens is 318 g/mol. The predicted molar refractivity (Wildman–Crippen MR) is 118 cm³/mol. The second-order valence-corrected chi connectivity index (χ2v) is 9.00. The Hall–Kier alpha value is -0.0800. The summed E-state index contributed by atoms with van der Waals surface area (Å²) in [7, 11) is 4.52. The maximum atomic E-state index is 5.84. The van der Waals surface area contributed by atoms with E-state index in [4.69, 9.17) is 4.74 Å². The maximum absolute atomic E-state index is 5.84. The molecule has 2 heteroatoms. The molecular formula is C24H52NO+. The molecule has 0 bridgehead atoms. The highest BCUT2D eigenvalue weighted by atomic mass is 16.5. The monoisotopic (exact) mass is 370 g/mol. The predicted octanol–water partition coefficient (Wildman–Crippen LogP) is 7.71. The summed E-state index contributed by atoms with van der Waals surface area (Å²) >= 11 is 0. The largest absolute Gasteiger partial charge is 0.332 e. The minimum atomic E-state index is 0.868. The molecule has 0 saturated heterocycles. The zero-order chi connectivity index (χ0) is 19.3. The Morgan fingerprint density at radius 2 is 0.885 bits per heavy atom. The van der Waals surface area contributed by atoms with Crippen LogP contribution in [-0.2, 0) is 4.74 Å². The molecule has 0 fully saturated rings. The standard InChI is InChI=1S/C24H52NO/c1-5-7-8-9-10-11-12-13-14-15-16-17-18-19-20-21-23-26-24-25(3,4)22-6-2/h5-24H2,1-4H3/q+1. The quantitative estimate of drug-likeness (QED) is 0.114. The Balaban J connectivity index is 3.09. The third-order valence-electron chi connectivity index (χ3n) is 5.41. The summed E-state index contributed by atoms with van der Waals surface area (Å²) in [6.07, 6.45) is 24.1. The van der Waals surface area contributed by atoms with Gasteiger partial charge >= 0.3 is 0 Å². The average molecular weight is 371 g/mol. The fourth-order valence-electron chi connectivity index (χ4n) is 3.73. The Morgan fingerprint density at radius 3 is 1.27 bits per heavy atom. The number of nitrogens with zero attached hydrogens (tertiary/aromatic N) is 1. The van der Waals surface area contributed by atoms with Gasteiger partial charge in [-0.15, -0.1) is 0 Å². The van der Waals surface area contributed by atoms with Crippen molar-refractivity contribution in [2.75, 3.05) is 34.0 Å². The first-order valence-electron chi connectivity index (χ1n) is 12.0. The van der Waals surface area contributed by atoms with E-state index in [1.807, 2.05) is 0 Å². The molecule has 0 radical (unpaired) electrons. The molecule has 0 aromatic rings. The van der Waals surface area contributed by atoms with Crippen molar-refractivity contribution in [1.29, 1.82) is 0 Å². The lowest BCUT2D eigenvalue weighted by molar-refractivity contribution is -0.909. The third kappa shape index (κ3) is 20.2. The molecule has 0 aliphatic rings. The molecule has 0 aromatic carbocycles. The van der Waals surface area contributed by atoms with E-state index in [2.05, 4.69) is 27.9 Å². The highest BCUT2D eigenvalue weighted by Crippen LogP contribution is 2.13. The van der Waals surface area contributed by atoms with Gasteiger partial charge in [-0.1, -0.05) is 110 Å². The van der Waals surface area contributed by atoms with Crippen LogP contribution in [0.1, 0.15) is 123 Å². The van der Waals surface area contributed by atoms with Crippen molar-refractivity contribution in [2.24, 2.45) is 0 Å². The van der Waals surface area contributed by atoms with E-state index in [-0.39, 0.29) is 0 Å². The van der Waals surface area contributed by atoms with E-state index in [1.54, 1.807) is 0 Å². The summed E-state index contributed by atoms with van der Waals surface area (Å²) < 4.78 is 6.84. The van der Waals surface area contributed by atoms with E-state index in [9.17, 15) is 0 Å². The van der Waals surface area contributed by atoms with Gasteiger partial charge in [0.15, 0.2) is 6.73 Å². The molecule has 2 nitrogen and oxygen atoms in total. The summed E-state index contributed by atoms with van der Waals surface area (Å²) in [6, 6.07) is 0. The van der Waals surface area contributed by atoms with Crippen LogP contribution in [-0.4, -0.2) is 38.5 Å². The van der Waals surface area contributed by atoms with Gasteiger partial charge in [-0.3, -0.25) is 0 Å². The van der Waals surface area contributed by atoms with Crippen LogP contribution in [0.3, 0.4) is 0 Å². The van der Waals surface area contributed by atoms with Crippen LogP contribution in [0.25, 0.3) is 0 Å². The molecule has 0 rings (SSSR count). The van der Waals surface area contributed by atoms with Crippen LogP contribution >= 0.6 is 0 Å². The van der Waals surface area contributed by atoms with Crippen LogP contribution in [0.2, 0.25) is 0 Å². The van der Waals surface area contributed by atoms with Gasteiger partial charge in [-0.2, -0.15) is 0 Å². The van der Waals surface area contributed by atoms with Crippen LogP contribution in [0, 0.1) is 0 Å². The highest BCUT2D eigenvalue weighted by Gasteiger charge is 2.12. The Bertz CT molecular complexity index is 265. The van der Waals surface area contributed by atoms with Gasteiger partial charge in [0.05, 0.1) is 27.2 Å². The van der Waals surface area contributed by atoms with Gasteiger partial charge in [0, 0.05) is 0 Å². The summed E-state index contributed by atoms with van der Waals surface area (Å²) in [5.74, 6) is 0. The van der Waals surface area contributed by atoms with Crippen LogP contribution < -0.4 is 0 Å². The number of ether oxygens (including phenoxy) is 1. The molecule has 0 aliphatic heterocycles. The second kappa shape index (κ2) is 19.7. The lowest BCUT2D eigenvalue weighted by atomic mass is 10.0. The molecule has 26 heavy (non-hydrogen) atoms. The zero-order valence-electron chi connectivity index (χ0n) is 19.0. The van der Waals surface area contributed by atoms with Crippen LogP contribution in [0.15, 0.2) is 0 Å². The summed E-state index contributed by atoms with van der Waals surface area (Å²) in [5.41, 5.74) is 0. The minimum Gasteiger partial charge on any atom is -0.332 e. The van der Waals surface area contributed by atoms with Crippen LogP contribution in [0.5, 0.6) is 0 Å². The van der Waals surface area contributed by atoms with Crippen molar-refractivity contribution in [2.45, 2.75) is 123 Å². The fourth-order valence-corrected chi connectivity index (χ4v) is 3.73. The molecule has 0 unspecified atom stereocenters. The maximum Gasteiger partial charge on any atom is 0.182 e. The van der Waals surface area contributed by atoms with Crippen LogP contribution in [0.4, 0.5) is 0 Å². The second-order valence-electron chi connectivity index (χ2n) is 9.00. The van der Waals surface area contributed by atoms with E-state index in [0.29, 0.717) is 0 Å². The van der Waals surface area contributed by atoms with Crippen molar-refractivity contribution in [3.8, 4) is 0 Å². The number of rotatable bonds is 21. The fraction of sp³-hybridized carbons (Fsp3) is 1.00. The van der Waals surface area contributed by atoms with Crippen molar-refractivity contribution in [3.63, 3.8) is 0 Å². The minimum absolute atomic E-state index is 0.868. The van der Waals surface area contributed by atoms with Crippen molar-refractivity contribution in [3.05, 3.63) is 0 Å². The highest BCUT2D eigenvalue weighted by molar-refractivity contribution is 4.49. The van der Waals surface area contributed by atoms with Gasteiger partial charge in [-0.25, -0.2) is 0 Å². The van der Waals surface area contributed by atoms with Gasteiger partial charge < -0.3 is 9.22 Å². The first-order chi connectivity index (χ1) is 12.6. The topological polar surface area (TPSA) is 9.23 Å². The first kappa shape index (κ1) is 25.9. The van der Waals surface area contributed by atoms with Gasteiger partial charge in [0.25, 0.3) is 0 Å². The smallest absolute Gasteiger partial charge is 0.182 e. The third-order valence-corrected chi connectivity index (χ3v) is 5.41. The molecule has 0 heterocycles. The molecule has 0 amide bonds. The SMILES string of the molecule is CCCCCCCCCCCCCCCCCCOC[N+](C)(C)CCC. The van der Waals surface area contributed by atoms with Crippen molar-refractivity contribution < 1.29 is 9.22 Å². The lowest BCUT2D eigenvalue weighted by Crippen LogP contribution is -2.42. The molecule has 158 valence electrons. The van der Waals surface area contributed by atoms with E-state index in [0.717, 1.165) is 17.8 Å². The van der Waals surface area contributed by atoms with Gasteiger partial charge in [0.1, 0.15) is 0 Å². The number of hydrogen-bond donors (Lipinski definition) is 0. The summed E-state index contributed by atoms with van der Waals surface area (Å²) in [5, 5.41) is 0. The Kier molecular flexibility index (Phi) is 19.6. The Labute approximate surface area is 166 Å². The summed E-state index contributed by atoms with van der Waals surface area (Å²) in [6.45, 7) is 7.56. The molecule has 0 spiro atoms. The van der Waals surface area contributed by atoms with E-state index < -0.39 is 0 Å². The normalized spacial score (nSPS) is 12.0. The van der Waals surface area contributed by atoms with Gasteiger partial charge in [-0.05, 0) is 12.8 Å².